The van der Waals surface area contributed by atoms with Gasteiger partial charge in [0.25, 0.3) is 0 Å². The van der Waals surface area contributed by atoms with Gasteiger partial charge in [-0.25, -0.2) is 4.98 Å². The van der Waals surface area contributed by atoms with E-state index in [0.717, 1.165) is 21.3 Å². The Kier molecular flexibility index (Phi) is 5.36. The monoisotopic (exact) mass is 288 g/mol. The minimum absolute atomic E-state index is 0.876. The van der Waals surface area contributed by atoms with E-state index < -0.39 is 0 Å². The Labute approximate surface area is 121 Å². The van der Waals surface area contributed by atoms with Crippen LogP contribution in [0.15, 0.2) is 53.0 Å². The van der Waals surface area contributed by atoms with Crippen LogP contribution in [0, 0.1) is 0 Å². The SMILES string of the molecule is CC.c1ccc(CSc2nc3ccccc3s2)nc1. The summed E-state index contributed by atoms with van der Waals surface area (Å²) in [5.74, 6) is 0.876. The molecule has 0 spiro atoms. The molecule has 2 heterocycles. The Bertz CT molecular complexity index is 587. The standard InChI is InChI=1S/C13H10N2S2.C2H6/c1-2-7-12-11(6-1)15-13(17-12)16-9-10-5-3-4-8-14-10;1-2/h1-8H,9H2;1-2H3. The first kappa shape index (κ1) is 14.0. The summed E-state index contributed by atoms with van der Waals surface area (Å²) in [5, 5.41) is 0. The van der Waals surface area contributed by atoms with Crippen LogP contribution in [0.3, 0.4) is 0 Å². The van der Waals surface area contributed by atoms with Crippen molar-refractivity contribution in [2.75, 3.05) is 0 Å². The third-order valence-corrected chi connectivity index (χ3v) is 4.56. The van der Waals surface area contributed by atoms with Gasteiger partial charge in [0, 0.05) is 11.9 Å². The van der Waals surface area contributed by atoms with Crippen LogP contribution in [-0.4, -0.2) is 9.97 Å². The van der Waals surface area contributed by atoms with Crippen LogP contribution in [-0.2, 0) is 5.75 Å². The zero-order chi connectivity index (χ0) is 13.5. The third-order valence-electron chi connectivity index (χ3n) is 2.34. The summed E-state index contributed by atoms with van der Waals surface area (Å²) in [6.45, 7) is 4.00. The fourth-order valence-corrected chi connectivity index (χ4v) is 3.52. The van der Waals surface area contributed by atoms with Gasteiger partial charge in [-0.1, -0.05) is 43.8 Å². The molecule has 0 aliphatic carbocycles. The van der Waals surface area contributed by atoms with Crippen LogP contribution in [0.2, 0.25) is 0 Å². The van der Waals surface area contributed by atoms with E-state index in [1.54, 1.807) is 23.1 Å². The van der Waals surface area contributed by atoms with E-state index in [-0.39, 0.29) is 0 Å². The fourth-order valence-electron chi connectivity index (χ4n) is 1.53. The number of fused-ring (bicyclic) bond motifs is 1. The van der Waals surface area contributed by atoms with Crippen molar-refractivity contribution in [1.29, 1.82) is 0 Å². The second-order valence-electron chi connectivity index (χ2n) is 3.56. The highest BCUT2D eigenvalue weighted by molar-refractivity contribution is 8.00. The van der Waals surface area contributed by atoms with Gasteiger partial charge in [-0.05, 0) is 24.3 Å². The molecule has 0 saturated heterocycles. The van der Waals surface area contributed by atoms with Gasteiger partial charge in [-0.15, -0.1) is 11.3 Å². The minimum atomic E-state index is 0.876. The number of aromatic nitrogens is 2. The molecule has 0 saturated carbocycles. The van der Waals surface area contributed by atoms with E-state index in [2.05, 4.69) is 22.1 Å². The largest absolute Gasteiger partial charge is 0.260 e. The van der Waals surface area contributed by atoms with Crippen molar-refractivity contribution in [2.24, 2.45) is 0 Å². The van der Waals surface area contributed by atoms with Crippen molar-refractivity contribution >= 4 is 33.3 Å². The number of para-hydroxylation sites is 1. The van der Waals surface area contributed by atoms with Gasteiger partial charge >= 0.3 is 0 Å². The average Bonchev–Trinajstić information content (AvgIpc) is 2.91. The summed E-state index contributed by atoms with van der Waals surface area (Å²) < 4.78 is 2.35. The maximum absolute atomic E-state index is 4.58. The number of hydrogen-bond donors (Lipinski definition) is 0. The molecular formula is C15H16N2S2. The van der Waals surface area contributed by atoms with E-state index in [4.69, 9.17) is 0 Å². The number of hydrogen-bond acceptors (Lipinski definition) is 4. The zero-order valence-corrected chi connectivity index (χ0v) is 12.7. The molecular weight excluding hydrogens is 272 g/mol. The molecule has 98 valence electrons. The minimum Gasteiger partial charge on any atom is -0.260 e. The second-order valence-corrected chi connectivity index (χ2v) is 5.81. The summed E-state index contributed by atoms with van der Waals surface area (Å²) >= 11 is 3.48. The molecule has 0 amide bonds. The normalized spacial score (nSPS) is 10.0. The number of thiazole rings is 1. The molecule has 0 aliphatic heterocycles. The Morgan fingerprint density at radius 1 is 1.05 bits per heavy atom. The molecule has 3 rings (SSSR count). The molecule has 19 heavy (non-hydrogen) atoms. The summed E-state index contributed by atoms with van der Waals surface area (Å²) in [6, 6.07) is 14.2. The van der Waals surface area contributed by atoms with Gasteiger partial charge in [-0.2, -0.15) is 0 Å². The van der Waals surface area contributed by atoms with E-state index in [1.165, 1.54) is 4.70 Å². The molecule has 2 aromatic heterocycles. The summed E-state index contributed by atoms with van der Waals surface area (Å²) in [7, 11) is 0. The van der Waals surface area contributed by atoms with Crippen molar-refractivity contribution in [2.45, 2.75) is 23.9 Å². The lowest BCUT2D eigenvalue weighted by Gasteiger charge is -1.96. The summed E-state index contributed by atoms with van der Waals surface area (Å²) in [6.07, 6.45) is 1.83. The van der Waals surface area contributed by atoms with E-state index in [9.17, 15) is 0 Å². The highest BCUT2D eigenvalue weighted by Crippen LogP contribution is 2.30. The predicted molar refractivity (Wildman–Crippen MR) is 84.8 cm³/mol. The Hall–Kier alpha value is -1.39. The zero-order valence-electron chi connectivity index (χ0n) is 11.0. The van der Waals surface area contributed by atoms with Gasteiger partial charge in [-0.3, -0.25) is 4.98 Å². The second kappa shape index (κ2) is 7.26. The summed E-state index contributed by atoms with van der Waals surface area (Å²) in [5.41, 5.74) is 2.18. The quantitative estimate of drug-likeness (QED) is 0.634. The van der Waals surface area contributed by atoms with Crippen molar-refractivity contribution in [3.63, 3.8) is 0 Å². The third kappa shape index (κ3) is 3.78. The Morgan fingerprint density at radius 2 is 1.84 bits per heavy atom. The van der Waals surface area contributed by atoms with Gasteiger partial charge in [0.15, 0.2) is 4.34 Å². The molecule has 2 nitrogen and oxygen atoms in total. The predicted octanol–water partition coefficient (Wildman–Crippen LogP) is 5.01. The first-order chi connectivity index (χ1) is 9.42. The van der Waals surface area contributed by atoms with Gasteiger partial charge in [0.2, 0.25) is 0 Å². The Balaban J connectivity index is 0.000000637. The summed E-state index contributed by atoms with van der Waals surface area (Å²) in [4.78, 5) is 8.89. The maximum atomic E-state index is 4.58. The highest BCUT2D eigenvalue weighted by Gasteiger charge is 2.04. The number of benzene rings is 1. The van der Waals surface area contributed by atoms with Crippen LogP contribution in [0.4, 0.5) is 0 Å². The molecule has 0 bridgehead atoms. The molecule has 1 aromatic carbocycles. The van der Waals surface area contributed by atoms with Crippen LogP contribution in [0.1, 0.15) is 19.5 Å². The average molecular weight is 288 g/mol. The van der Waals surface area contributed by atoms with E-state index in [0.29, 0.717) is 0 Å². The van der Waals surface area contributed by atoms with Gasteiger partial charge in [0.05, 0.1) is 15.9 Å². The van der Waals surface area contributed by atoms with Crippen molar-refractivity contribution < 1.29 is 0 Å². The molecule has 0 atom stereocenters. The topological polar surface area (TPSA) is 25.8 Å². The van der Waals surface area contributed by atoms with Crippen molar-refractivity contribution in [3.05, 3.63) is 54.4 Å². The van der Waals surface area contributed by atoms with Crippen LogP contribution >= 0.6 is 23.1 Å². The number of nitrogens with zero attached hydrogens (tertiary/aromatic N) is 2. The van der Waals surface area contributed by atoms with Gasteiger partial charge < -0.3 is 0 Å². The molecule has 0 fully saturated rings. The highest BCUT2D eigenvalue weighted by atomic mass is 32.2. The lowest BCUT2D eigenvalue weighted by atomic mass is 10.3. The Morgan fingerprint density at radius 3 is 2.58 bits per heavy atom. The molecule has 3 aromatic rings. The molecule has 0 N–H and O–H groups in total. The lowest BCUT2D eigenvalue weighted by Crippen LogP contribution is -1.83. The number of thioether (sulfide) groups is 1. The number of pyridine rings is 1. The molecule has 4 heteroatoms. The molecule has 0 radical (unpaired) electrons. The van der Waals surface area contributed by atoms with E-state index in [1.807, 2.05) is 50.4 Å². The number of rotatable bonds is 3. The molecule has 0 aliphatic rings. The van der Waals surface area contributed by atoms with Crippen LogP contribution in [0.25, 0.3) is 10.2 Å². The molecule has 0 unspecified atom stereocenters. The smallest absolute Gasteiger partial charge is 0.151 e. The van der Waals surface area contributed by atoms with Gasteiger partial charge in [0.1, 0.15) is 0 Å². The van der Waals surface area contributed by atoms with E-state index >= 15 is 0 Å². The van der Waals surface area contributed by atoms with Crippen molar-refractivity contribution in [1.82, 2.24) is 9.97 Å². The van der Waals surface area contributed by atoms with Crippen LogP contribution in [0.5, 0.6) is 0 Å². The fraction of sp³-hybridized carbons (Fsp3) is 0.200. The first-order valence-electron chi connectivity index (χ1n) is 6.30. The lowest BCUT2D eigenvalue weighted by molar-refractivity contribution is 1.17. The van der Waals surface area contributed by atoms with Crippen molar-refractivity contribution in [3.8, 4) is 0 Å². The van der Waals surface area contributed by atoms with Crippen LogP contribution < -0.4 is 0 Å². The first-order valence-corrected chi connectivity index (χ1v) is 8.10. The maximum Gasteiger partial charge on any atom is 0.151 e.